The van der Waals surface area contributed by atoms with Gasteiger partial charge in [-0.05, 0) is 72.3 Å². The molecule has 0 radical (unpaired) electrons. The highest BCUT2D eigenvalue weighted by Gasteiger charge is 2.38. The molecule has 1 N–H and O–H groups in total. The Kier molecular flexibility index (Phi) is 7.71. The number of fused-ring (bicyclic) bond motifs is 1. The molecule has 2 unspecified atom stereocenters. The zero-order chi connectivity index (χ0) is 26.0. The van der Waals surface area contributed by atoms with Crippen molar-refractivity contribution < 1.29 is 9.59 Å². The predicted molar refractivity (Wildman–Crippen MR) is 149 cm³/mol. The number of aryl methyl sites for hydroxylation is 1. The second-order valence-electron chi connectivity index (χ2n) is 12.3. The second kappa shape index (κ2) is 11.0. The monoisotopic (exact) mass is 501 g/mol. The molecule has 1 saturated carbocycles. The van der Waals surface area contributed by atoms with Crippen LogP contribution >= 0.6 is 0 Å². The molecule has 0 bridgehead atoms. The minimum Gasteiger partial charge on any atom is -0.348 e. The molecule has 5 rings (SSSR count). The van der Waals surface area contributed by atoms with Gasteiger partial charge in [0.05, 0.1) is 12.1 Å². The number of amides is 2. The number of hydrogen-bond donors (Lipinski definition) is 1. The molecule has 2 atom stereocenters. The Morgan fingerprint density at radius 3 is 2.22 bits per heavy atom. The van der Waals surface area contributed by atoms with Gasteiger partial charge in [-0.25, -0.2) is 0 Å². The van der Waals surface area contributed by atoms with E-state index < -0.39 is 0 Å². The van der Waals surface area contributed by atoms with Crippen LogP contribution < -0.4 is 5.32 Å². The highest BCUT2D eigenvalue weighted by Crippen LogP contribution is 2.34. The summed E-state index contributed by atoms with van der Waals surface area (Å²) in [5.41, 5.74) is 4.73. The lowest BCUT2D eigenvalue weighted by molar-refractivity contribution is -0.130. The molecule has 2 aromatic rings. The fourth-order valence-corrected chi connectivity index (χ4v) is 6.61. The van der Waals surface area contributed by atoms with Crippen LogP contribution in [-0.4, -0.2) is 53.8 Å². The summed E-state index contributed by atoms with van der Waals surface area (Å²) >= 11 is 0. The Morgan fingerprint density at radius 1 is 0.865 bits per heavy atom. The maximum absolute atomic E-state index is 13.8. The topological polar surface area (TPSA) is 52.7 Å². The summed E-state index contributed by atoms with van der Waals surface area (Å²) in [4.78, 5) is 31.4. The van der Waals surface area contributed by atoms with Crippen molar-refractivity contribution in [3.05, 3.63) is 70.8 Å². The number of carbonyl (C=O) groups excluding carboxylic acids is 2. The van der Waals surface area contributed by atoms with E-state index in [0.717, 1.165) is 50.8 Å². The van der Waals surface area contributed by atoms with Gasteiger partial charge >= 0.3 is 0 Å². The van der Waals surface area contributed by atoms with Gasteiger partial charge in [-0.3, -0.25) is 14.5 Å². The Morgan fingerprint density at radius 2 is 1.54 bits per heavy atom. The van der Waals surface area contributed by atoms with Gasteiger partial charge in [-0.2, -0.15) is 0 Å². The third-order valence-corrected chi connectivity index (χ3v) is 8.79. The Balaban J connectivity index is 1.24. The molecule has 2 fully saturated rings. The van der Waals surface area contributed by atoms with Gasteiger partial charge in [-0.15, -0.1) is 0 Å². The standard InChI is InChI=1S/C32H43N3O2/c1-32(2,3)26-17-15-25(16-18-26)31(37)35-21-19-34(20-22-35)29(24-10-4-5-11-24)30(36)33-28-14-8-12-23-9-6-7-13-27(23)28/h6-7,9,13,15-18,24,28-29H,4-5,8,10-12,14,19-22H2,1-3H3,(H,33,36). The van der Waals surface area contributed by atoms with Gasteiger partial charge < -0.3 is 10.2 Å². The average molecular weight is 502 g/mol. The minimum absolute atomic E-state index is 0.0722. The van der Waals surface area contributed by atoms with E-state index >= 15 is 0 Å². The number of benzene rings is 2. The van der Waals surface area contributed by atoms with Crippen molar-refractivity contribution in [2.75, 3.05) is 26.2 Å². The highest BCUT2D eigenvalue weighted by atomic mass is 16.2. The summed E-state index contributed by atoms with van der Waals surface area (Å²) in [5, 5.41) is 3.47. The van der Waals surface area contributed by atoms with Crippen molar-refractivity contribution in [2.45, 2.75) is 83.2 Å². The number of rotatable bonds is 5. The van der Waals surface area contributed by atoms with Gasteiger partial charge in [0.25, 0.3) is 5.91 Å². The SMILES string of the molecule is CC(C)(C)c1ccc(C(=O)N2CCN(C(C(=O)NC3CCCc4ccccc43)C3CCCC3)CC2)cc1. The van der Waals surface area contributed by atoms with Crippen molar-refractivity contribution in [1.82, 2.24) is 15.1 Å². The summed E-state index contributed by atoms with van der Waals surface area (Å²) in [7, 11) is 0. The molecule has 5 heteroatoms. The Labute approximate surface area is 222 Å². The number of nitrogens with zero attached hydrogens (tertiary/aromatic N) is 2. The van der Waals surface area contributed by atoms with E-state index in [1.54, 1.807) is 0 Å². The van der Waals surface area contributed by atoms with E-state index in [9.17, 15) is 9.59 Å². The molecule has 198 valence electrons. The zero-order valence-electron chi connectivity index (χ0n) is 22.8. The van der Waals surface area contributed by atoms with Crippen LogP contribution in [0.2, 0.25) is 0 Å². The Hall–Kier alpha value is -2.66. The summed E-state index contributed by atoms with van der Waals surface area (Å²) < 4.78 is 0. The third-order valence-electron chi connectivity index (χ3n) is 8.79. The molecule has 2 aromatic carbocycles. The van der Waals surface area contributed by atoms with E-state index in [1.165, 1.54) is 29.5 Å². The Bertz CT molecular complexity index is 1090. The molecule has 3 aliphatic rings. The molecular weight excluding hydrogens is 458 g/mol. The van der Waals surface area contributed by atoms with Crippen molar-refractivity contribution in [3.8, 4) is 0 Å². The van der Waals surface area contributed by atoms with Gasteiger partial charge in [0.1, 0.15) is 0 Å². The van der Waals surface area contributed by atoms with Crippen LogP contribution in [0.15, 0.2) is 48.5 Å². The molecular formula is C32H43N3O2. The van der Waals surface area contributed by atoms with Gasteiger partial charge in [0, 0.05) is 31.7 Å². The maximum atomic E-state index is 13.8. The molecule has 2 aliphatic carbocycles. The van der Waals surface area contributed by atoms with E-state index in [4.69, 9.17) is 0 Å². The molecule has 5 nitrogen and oxygen atoms in total. The van der Waals surface area contributed by atoms with Crippen LogP contribution in [0, 0.1) is 5.92 Å². The summed E-state index contributed by atoms with van der Waals surface area (Å²) in [6.07, 6.45) is 7.90. The van der Waals surface area contributed by atoms with Gasteiger partial charge in [0.15, 0.2) is 0 Å². The van der Waals surface area contributed by atoms with Gasteiger partial charge in [-0.1, -0.05) is 70.0 Å². The zero-order valence-corrected chi connectivity index (χ0v) is 22.8. The van der Waals surface area contributed by atoms with E-state index in [1.807, 2.05) is 17.0 Å². The molecule has 0 spiro atoms. The molecule has 1 saturated heterocycles. The number of carbonyl (C=O) groups is 2. The minimum atomic E-state index is -0.0973. The summed E-state index contributed by atoms with van der Waals surface area (Å²) in [6.45, 7) is 9.40. The van der Waals surface area contributed by atoms with Crippen molar-refractivity contribution in [2.24, 2.45) is 5.92 Å². The third kappa shape index (κ3) is 5.77. The maximum Gasteiger partial charge on any atom is 0.253 e. The lowest BCUT2D eigenvalue weighted by Gasteiger charge is -2.41. The van der Waals surface area contributed by atoms with Crippen LogP contribution in [0.4, 0.5) is 0 Å². The van der Waals surface area contributed by atoms with Crippen molar-refractivity contribution in [3.63, 3.8) is 0 Å². The number of piperazine rings is 1. The molecule has 2 amide bonds. The summed E-state index contributed by atoms with van der Waals surface area (Å²) in [6, 6.07) is 16.7. The normalized spacial score (nSPS) is 21.9. The average Bonchev–Trinajstić information content (AvgIpc) is 3.43. The second-order valence-corrected chi connectivity index (χ2v) is 12.3. The molecule has 1 aliphatic heterocycles. The van der Waals surface area contributed by atoms with E-state index in [0.29, 0.717) is 19.0 Å². The fraction of sp³-hybridized carbons (Fsp3) is 0.562. The fourth-order valence-electron chi connectivity index (χ4n) is 6.61. The highest BCUT2D eigenvalue weighted by molar-refractivity contribution is 5.94. The van der Waals surface area contributed by atoms with Crippen LogP contribution in [0.1, 0.15) is 92.4 Å². The number of nitrogens with one attached hydrogen (secondary N) is 1. The summed E-state index contributed by atoms with van der Waals surface area (Å²) in [5.74, 6) is 0.693. The molecule has 37 heavy (non-hydrogen) atoms. The first-order chi connectivity index (χ1) is 17.8. The quantitative estimate of drug-likeness (QED) is 0.589. The smallest absolute Gasteiger partial charge is 0.253 e. The van der Waals surface area contributed by atoms with E-state index in [-0.39, 0.29) is 29.3 Å². The van der Waals surface area contributed by atoms with Gasteiger partial charge in [0.2, 0.25) is 5.91 Å². The van der Waals surface area contributed by atoms with Crippen LogP contribution in [0.5, 0.6) is 0 Å². The van der Waals surface area contributed by atoms with Crippen molar-refractivity contribution >= 4 is 11.8 Å². The first-order valence-electron chi connectivity index (χ1n) is 14.3. The molecule has 0 aromatic heterocycles. The van der Waals surface area contributed by atoms with Crippen molar-refractivity contribution in [1.29, 1.82) is 0 Å². The van der Waals surface area contributed by atoms with E-state index in [2.05, 4.69) is 67.4 Å². The largest absolute Gasteiger partial charge is 0.348 e. The number of hydrogen-bond acceptors (Lipinski definition) is 3. The van der Waals surface area contributed by atoms with Crippen LogP contribution in [-0.2, 0) is 16.6 Å². The first-order valence-corrected chi connectivity index (χ1v) is 14.3. The first kappa shape index (κ1) is 26.0. The van der Waals surface area contributed by atoms with Crippen LogP contribution in [0.25, 0.3) is 0 Å². The predicted octanol–water partition coefficient (Wildman–Crippen LogP) is 5.49. The lowest BCUT2D eigenvalue weighted by Crippen LogP contribution is -2.58. The molecule has 1 heterocycles. The van der Waals surface area contributed by atoms with Crippen LogP contribution in [0.3, 0.4) is 0 Å². The lowest BCUT2D eigenvalue weighted by atomic mass is 9.86.